The van der Waals surface area contributed by atoms with Crippen LogP contribution in [0.2, 0.25) is 0 Å². The Labute approximate surface area is 106 Å². The first kappa shape index (κ1) is 14.0. The molecule has 4 unspecified atom stereocenters. The van der Waals surface area contributed by atoms with E-state index in [1.165, 1.54) is 4.88 Å². The van der Waals surface area contributed by atoms with Crippen molar-refractivity contribution in [2.75, 3.05) is 0 Å². The first-order chi connectivity index (χ1) is 7.56. The van der Waals surface area contributed by atoms with Gasteiger partial charge < -0.3 is 10.8 Å². The maximum atomic E-state index is 9.56. The molecule has 3 N–H and O–H groups in total. The van der Waals surface area contributed by atoms with Crippen LogP contribution in [-0.4, -0.2) is 22.5 Å². The standard InChI is InChI=1S/C12H21NOS2/c1-4-10(13)12(11-6-5-7-15-11)16-9(3)8(2)14/h5-10,12,14H,4,13H2,1-3H3. The van der Waals surface area contributed by atoms with Crippen LogP contribution in [0.15, 0.2) is 17.5 Å². The van der Waals surface area contributed by atoms with E-state index in [9.17, 15) is 5.11 Å². The molecule has 0 bridgehead atoms. The summed E-state index contributed by atoms with van der Waals surface area (Å²) in [6.07, 6.45) is 0.666. The fourth-order valence-electron chi connectivity index (χ4n) is 1.39. The summed E-state index contributed by atoms with van der Waals surface area (Å²) in [5, 5.41) is 12.2. The molecule has 1 aromatic heterocycles. The Kier molecular flexibility index (Phi) is 5.83. The lowest BCUT2D eigenvalue weighted by Gasteiger charge is -2.26. The third-order valence-corrected chi connectivity index (χ3v) is 5.55. The van der Waals surface area contributed by atoms with Crippen molar-refractivity contribution in [3.8, 4) is 0 Å². The molecule has 4 atom stereocenters. The third-order valence-electron chi connectivity index (χ3n) is 2.72. The van der Waals surface area contributed by atoms with Gasteiger partial charge in [0.1, 0.15) is 0 Å². The monoisotopic (exact) mass is 259 g/mol. The smallest absolute Gasteiger partial charge is 0.0628 e. The van der Waals surface area contributed by atoms with E-state index >= 15 is 0 Å². The van der Waals surface area contributed by atoms with E-state index in [2.05, 4.69) is 31.4 Å². The van der Waals surface area contributed by atoms with Gasteiger partial charge >= 0.3 is 0 Å². The van der Waals surface area contributed by atoms with Crippen molar-refractivity contribution in [3.05, 3.63) is 22.4 Å². The van der Waals surface area contributed by atoms with Gasteiger partial charge in [-0.2, -0.15) is 0 Å². The molecular formula is C12H21NOS2. The molecule has 4 heteroatoms. The van der Waals surface area contributed by atoms with E-state index < -0.39 is 0 Å². The molecule has 92 valence electrons. The average Bonchev–Trinajstić information content (AvgIpc) is 2.77. The van der Waals surface area contributed by atoms with Gasteiger partial charge in [-0.3, -0.25) is 0 Å². The van der Waals surface area contributed by atoms with Crippen LogP contribution >= 0.6 is 23.1 Å². The van der Waals surface area contributed by atoms with Crippen LogP contribution in [-0.2, 0) is 0 Å². The average molecular weight is 259 g/mol. The first-order valence-electron chi connectivity index (χ1n) is 5.68. The summed E-state index contributed by atoms with van der Waals surface area (Å²) in [6.45, 7) is 6.00. The van der Waals surface area contributed by atoms with Gasteiger partial charge in [0.2, 0.25) is 0 Å². The number of thiophene rings is 1. The molecule has 0 aliphatic carbocycles. The van der Waals surface area contributed by atoms with Crippen molar-refractivity contribution >= 4 is 23.1 Å². The number of nitrogens with two attached hydrogens (primary N) is 1. The van der Waals surface area contributed by atoms with Crippen molar-refractivity contribution in [2.24, 2.45) is 5.73 Å². The second-order valence-corrected chi connectivity index (χ2v) is 6.59. The lowest BCUT2D eigenvalue weighted by atomic mass is 10.1. The summed E-state index contributed by atoms with van der Waals surface area (Å²) < 4.78 is 0. The molecule has 0 amide bonds. The van der Waals surface area contributed by atoms with Gasteiger partial charge in [0.05, 0.1) is 11.4 Å². The highest BCUT2D eigenvalue weighted by Crippen LogP contribution is 2.38. The van der Waals surface area contributed by atoms with Gasteiger partial charge in [-0.05, 0) is 24.8 Å². The largest absolute Gasteiger partial charge is 0.392 e. The number of aliphatic hydroxyl groups is 1. The molecule has 16 heavy (non-hydrogen) atoms. The molecule has 0 aliphatic rings. The zero-order chi connectivity index (χ0) is 12.1. The summed E-state index contributed by atoms with van der Waals surface area (Å²) in [4.78, 5) is 1.31. The Bertz CT molecular complexity index is 287. The van der Waals surface area contributed by atoms with E-state index in [0.29, 0.717) is 5.25 Å². The zero-order valence-corrected chi connectivity index (χ0v) is 11.7. The summed E-state index contributed by atoms with van der Waals surface area (Å²) in [6, 6.07) is 4.35. The Morgan fingerprint density at radius 1 is 1.50 bits per heavy atom. The molecule has 0 saturated carbocycles. The second kappa shape index (κ2) is 6.64. The number of aliphatic hydroxyl groups excluding tert-OH is 1. The normalized spacial score (nSPS) is 19.1. The number of hydrogen-bond donors (Lipinski definition) is 2. The highest BCUT2D eigenvalue weighted by atomic mass is 32.2. The van der Waals surface area contributed by atoms with E-state index in [1.54, 1.807) is 23.1 Å². The van der Waals surface area contributed by atoms with Crippen LogP contribution in [0.25, 0.3) is 0 Å². The van der Waals surface area contributed by atoms with Crippen molar-refractivity contribution in [1.29, 1.82) is 0 Å². The minimum Gasteiger partial charge on any atom is -0.392 e. The van der Waals surface area contributed by atoms with E-state index in [1.807, 2.05) is 6.92 Å². The van der Waals surface area contributed by atoms with Crippen LogP contribution in [0.4, 0.5) is 0 Å². The molecule has 0 fully saturated rings. The van der Waals surface area contributed by atoms with E-state index in [0.717, 1.165) is 6.42 Å². The fraction of sp³-hybridized carbons (Fsp3) is 0.667. The van der Waals surface area contributed by atoms with Crippen molar-refractivity contribution in [1.82, 2.24) is 0 Å². The molecule has 0 radical (unpaired) electrons. The lowest BCUT2D eigenvalue weighted by molar-refractivity contribution is 0.196. The molecule has 1 rings (SSSR count). The quantitative estimate of drug-likeness (QED) is 0.825. The van der Waals surface area contributed by atoms with Gasteiger partial charge in [0.15, 0.2) is 0 Å². The second-order valence-electron chi connectivity index (χ2n) is 4.09. The molecular weight excluding hydrogens is 238 g/mol. The Morgan fingerprint density at radius 3 is 2.62 bits per heavy atom. The Balaban J connectivity index is 2.73. The zero-order valence-electron chi connectivity index (χ0n) is 10.1. The molecule has 0 aromatic carbocycles. The molecule has 2 nitrogen and oxygen atoms in total. The Morgan fingerprint density at radius 2 is 2.19 bits per heavy atom. The summed E-state index contributed by atoms with van der Waals surface area (Å²) in [5.74, 6) is 0. The van der Waals surface area contributed by atoms with E-state index in [4.69, 9.17) is 5.73 Å². The predicted octanol–water partition coefficient (Wildman–Crippen LogP) is 3.03. The van der Waals surface area contributed by atoms with Gasteiger partial charge in [-0.1, -0.05) is 19.9 Å². The van der Waals surface area contributed by atoms with Gasteiger partial charge in [-0.25, -0.2) is 0 Å². The molecule has 0 spiro atoms. The van der Waals surface area contributed by atoms with Crippen LogP contribution in [0.5, 0.6) is 0 Å². The van der Waals surface area contributed by atoms with Crippen molar-refractivity contribution in [2.45, 2.75) is 49.8 Å². The molecule has 1 heterocycles. The van der Waals surface area contributed by atoms with Crippen molar-refractivity contribution < 1.29 is 5.11 Å². The SMILES string of the molecule is CCC(N)C(SC(C)C(C)O)c1cccs1. The molecule has 0 aliphatic heterocycles. The minimum atomic E-state index is -0.295. The number of rotatable bonds is 6. The van der Waals surface area contributed by atoms with Gasteiger partial charge in [0, 0.05) is 16.2 Å². The molecule has 1 aromatic rings. The first-order valence-corrected chi connectivity index (χ1v) is 7.51. The van der Waals surface area contributed by atoms with Gasteiger partial charge in [0.25, 0.3) is 0 Å². The van der Waals surface area contributed by atoms with E-state index in [-0.39, 0.29) is 17.4 Å². The maximum absolute atomic E-state index is 9.56. The lowest BCUT2D eigenvalue weighted by Crippen LogP contribution is -2.28. The fourth-order valence-corrected chi connectivity index (χ4v) is 3.80. The Hall–Kier alpha value is -0.0300. The summed E-state index contributed by atoms with van der Waals surface area (Å²) >= 11 is 3.52. The van der Waals surface area contributed by atoms with Crippen LogP contribution in [0, 0.1) is 0 Å². The van der Waals surface area contributed by atoms with Crippen LogP contribution in [0.3, 0.4) is 0 Å². The highest BCUT2D eigenvalue weighted by Gasteiger charge is 2.24. The summed E-state index contributed by atoms with van der Waals surface area (Å²) in [7, 11) is 0. The number of hydrogen-bond acceptors (Lipinski definition) is 4. The minimum absolute atomic E-state index is 0.157. The maximum Gasteiger partial charge on any atom is 0.0628 e. The predicted molar refractivity (Wildman–Crippen MR) is 74.1 cm³/mol. The van der Waals surface area contributed by atoms with Crippen LogP contribution in [0.1, 0.15) is 37.3 Å². The highest BCUT2D eigenvalue weighted by molar-refractivity contribution is 8.00. The third kappa shape index (κ3) is 3.77. The molecule has 0 saturated heterocycles. The summed E-state index contributed by atoms with van der Waals surface area (Å²) in [5.41, 5.74) is 6.16. The topological polar surface area (TPSA) is 46.2 Å². The van der Waals surface area contributed by atoms with Crippen LogP contribution < -0.4 is 5.73 Å². The van der Waals surface area contributed by atoms with Gasteiger partial charge in [-0.15, -0.1) is 23.1 Å². The van der Waals surface area contributed by atoms with Crippen molar-refractivity contribution in [3.63, 3.8) is 0 Å². The number of thioether (sulfide) groups is 1.